The maximum Gasteiger partial charge on any atom is 0.306 e. The maximum atomic E-state index is 12.4. The third-order valence-corrected chi connectivity index (χ3v) is 8.54. The summed E-state index contributed by atoms with van der Waals surface area (Å²) in [4.78, 5) is 15.1. The van der Waals surface area contributed by atoms with Crippen molar-refractivity contribution in [1.29, 1.82) is 0 Å². The second-order valence-corrected chi connectivity index (χ2v) is 11.2. The molecular weight excluding hydrogens is 502 g/mol. The lowest BCUT2D eigenvalue weighted by Crippen LogP contribution is -2.44. The second kappa shape index (κ2) is 14.0. The molecule has 2 aliphatic heterocycles. The largest absolute Gasteiger partial charge is 0.461 e. The highest BCUT2D eigenvalue weighted by Crippen LogP contribution is 2.42. The molecule has 40 heavy (non-hydrogen) atoms. The summed E-state index contributed by atoms with van der Waals surface area (Å²) < 4.78 is 13.2. The molecule has 2 fully saturated rings. The van der Waals surface area contributed by atoms with Crippen molar-refractivity contribution in [2.75, 3.05) is 20.3 Å². The van der Waals surface area contributed by atoms with Crippen LogP contribution in [0.1, 0.15) is 79.8 Å². The average Bonchev–Trinajstić information content (AvgIpc) is 3.50. The Kier molecular flexibility index (Phi) is 9.97. The molecule has 2 saturated heterocycles. The number of ether oxygens (including phenoxy) is 2. The first-order chi connectivity index (χ1) is 19.6. The van der Waals surface area contributed by atoms with Gasteiger partial charge >= 0.3 is 5.97 Å². The fourth-order valence-corrected chi connectivity index (χ4v) is 6.49. The summed E-state index contributed by atoms with van der Waals surface area (Å²) in [6.45, 7) is 1.97. The Morgan fingerprint density at radius 3 is 2.27 bits per heavy atom. The predicted molar refractivity (Wildman–Crippen MR) is 155 cm³/mol. The van der Waals surface area contributed by atoms with E-state index in [9.17, 15) is 4.79 Å². The van der Waals surface area contributed by atoms with Crippen molar-refractivity contribution in [3.8, 4) is 0 Å². The van der Waals surface area contributed by atoms with Gasteiger partial charge in [0.05, 0.1) is 6.61 Å². The lowest BCUT2D eigenvalue weighted by atomic mass is 9.95. The number of rotatable bonds is 14. The lowest BCUT2D eigenvalue weighted by Gasteiger charge is -2.40. The quantitative estimate of drug-likeness (QED) is 0.291. The Bertz CT molecular complexity index is 1190. The van der Waals surface area contributed by atoms with Crippen LogP contribution >= 0.6 is 0 Å². The number of aromatic nitrogens is 3. The van der Waals surface area contributed by atoms with Crippen molar-refractivity contribution in [2.24, 2.45) is 5.73 Å². The number of esters is 1. The summed E-state index contributed by atoms with van der Waals surface area (Å²) in [5.74, 6) is 1.80. The van der Waals surface area contributed by atoms with Crippen LogP contribution in [0.25, 0.3) is 0 Å². The topological polar surface area (TPSA) is 95.5 Å². The maximum absolute atomic E-state index is 12.4. The summed E-state index contributed by atoms with van der Waals surface area (Å²) in [6, 6.07) is 21.8. The van der Waals surface area contributed by atoms with E-state index < -0.39 is 0 Å². The summed E-state index contributed by atoms with van der Waals surface area (Å²) in [7, 11) is 1.72. The van der Waals surface area contributed by atoms with Gasteiger partial charge in [-0.05, 0) is 49.7 Å². The Labute approximate surface area is 237 Å². The van der Waals surface area contributed by atoms with Gasteiger partial charge in [0.2, 0.25) is 0 Å². The van der Waals surface area contributed by atoms with Crippen LogP contribution in [0.2, 0.25) is 0 Å². The molecule has 3 heterocycles. The number of piperidine rings is 1. The Morgan fingerprint density at radius 1 is 0.950 bits per heavy atom. The van der Waals surface area contributed by atoms with Crippen LogP contribution in [-0.4, -0.2) is 58.0 Å². The molecule has 8 heteroatoms. The van der Waals surface area contributed by atoms with E-state index in [0.717, 1.165) is 49.4 Å². The average molecular weight is 546 g/mol. The molecule has 3 atom stereocenters. The first-order valence-corrected chi connectivity index (χ1v) is 14.8. The Hall–Kier alpha value is -3.07. The molecular formula is C32H43N5O3. The molecule has 0 saturated carbocycles. The zero-order valence-electron chi connectivity index (χ0n) is 23.7. The van der Waals surface area contributed by atoms with Gasteiger partial charge in [-0.3, -0.25) is 9.69 Å². The summed E-state index contributed by atoms with van der Waals surface area (Å²) in [5.41, 5.74) is 8.75. The van der Waals surface area contributed by atoms with Gasteiger partial charge in [0.1, 0.15) is 18.3 Å². The standard InChI is InChI=1S/C32H43N5O3/c1-39-20-18-31-35-34-30(13-8-14-32(38)40-23-24-9-4-2-5-10-24)37(31)28-21-26-15-16-27(22-28)36(26)19-17-29(33)25-11-6-3-7-12-25/h2-7,9-12,26-29H,8,13-23,33H2,1H3/t26?,27?,28?,29-/m0/s1. The minimum atomic E-state index is -0.172. The molecule has 0 amide bonds. The molecule has 2 aromatic carbocycles. The number of carbonyl (C=O) groups excluding carboxylic acids is 1. The van der Waals surface area contributed by atoms with Gasteiger partial charge in [-0.25, -0.2) is 0 Å². The molecule has 8 nitrogen and oxygen atoms in total. The van der Waals surface area contributed by atoms with E-state index in [4.69, 9.17) is 15.2 Å². The van der Waals surface area contributed by atoms with E-state index in [-0.39, 0.29) is 12.0 Å². The number of benzene rings is 2. The van der Waals surface area contributed by atoms with Crippen molar-refractivity contribution >= 4 is 5.97 Å². The first-order valence-electron chi connectivity index (χ1n) is 14.8. The molecule has 3 aromatic rings. The lowest BCUT2D eigenvalue weighted by molar-refractivity contribution is -0.145. The van der Waals surface area contributed by atoms with Crippen molar-refractivity contribution in [3.05, 3.63) is 83.4 Å². The summed E-state index contributed by atoms with van der Waals surface area (Å²) >= 11 is 0. The van der Waals surface area contributed by atoms with Gasteiger partial charge in [0, 0.05) is 57.1 Å². The molecule has 2 bridgehead atoms. The molecule has 214 valence electrons. The molecule has 2 unspecified atom stereocenters. The van der Waals surface area contributed by atoms with Crippen LogP contribution < -0.4 is 5.73 Å². The fraction of sp³-hybridized carbons (Fsp3) is 0.531. The van der Waals surface area contributed by atoms with E-state index in [1.165, 1.54) is 18.4 Å². The van der Waals surface area contributed by atoms with Crippen LogP contribution in [-0.2, 0) is 33.7 Å². The Balaban J connectivity index is 1.18. The zero-order valence-corrected chi connectivity index (χ0v) is 23.7. The monoisotopic (exact) mass is 545 g/mol. The number of carbonyl (C=O) groups is 1. The summed E-state index contributed by atoms with van der Waals surface area (Å²) in [5, 5.41) is 9.16. The van der Waals surface area contributed by atoms with Crippen molar-refractivity contribution in [2.45, 2.75) is 88.6 Å². The van der Waals surface area contributed by atoms with E-state index in [2.05, 4.69) is 43.9 Å². The number of methoxy groups -OCH3 is 1. The van der Waals surface area contributed by atoms with Crippen LogP contribution in [0.3, 0.4) is 0 Å². The highest BCUT2D eigenvalue weighted by Gasteiger charge is 2.42. The number of hydrogen-bond donors (Lipinski definition) is 1. The van der Waals surface area contributed by atoms with Gasteiger partial charge < -0.3 is 19.8 Å². The van der Waals surface area contributed by atoms with E-state index in [1.54, 1.807) is 7.11 Å². The summed E-state index contributed by atoms with van der Waals surface area (Å²) in [6.07, 6.45) is 8.16. The highest BCUT2D eigenvalue weighted by molar-refractivity contribution is 5.69. The number of fused-ring (bicyclic) bond motifs is 2. The van der Waals surface area contributed by atoms with Crippen LogP contribution in [0.5, 0.6) is 0 Å². The van der Waals surface area contributed by atoms with Crippen molar-refractivity contribution in [3.63, 3.8) is 0 Å². The van der Waals surface area contributed by atoms with Gasteiger partial charge in [0.15, 0.2) is 0 Å². The molecule has 1 aromatic heterocycles. The SMILES string of the molecule is COCCc1nnc(CCCC(=O)OCc2ccccc2)n1C1CC2CCC(C1)N2CC[C@H](N)c1ccccc1. The third-order valence-electron chi connectivity index (χ3n) is 8.54. The number of hydrogen-bond acceptors (Lipinski definition) is 7. The normalized spacial score (nSPS) is 21.4. The number of nitrogens with zero attached hydrogens (tertiary/aromatic N) is 4. The van der Waals surface area contributed by atoms with E-state index in [1.807, 2.05) is 36.4 Å². The number of aryl methyl sites for hydroxylation is 1. The van der Waals surface area contributed by atoms with Crippen molar-refractivity contribution < 1.29 is 14.3 Å². The Morgan fingerprint density at radius 2 is 1.60 bits per heavy atom. The zero-order chi connectivity index (χ0) is 27.7. The van der Waals surface area contributed by atoms with Crippen molar-refractivity contribution in [1.82, 2.24) is 19.7 Å². The molecule has 0 radical (unpaired) electrons. The van der Waals surface area contributed by atoms with Gasteiger partial charge in [-0.2, -0.15) is 0 Å². The minimum Gasteiger partial charge on any atom is -0.461 e. The van der Waals surface area contributed by atoms with Gasteiger partial charge in [-0.15, -0.1) is 10.2 Å². The highest BCUT2D eigenvalue weighted by atomic mass is 16.5. The predicted octanol–water partition coefficient (Wildman–Crippen LogP) is 4.79. The fourth-order valence-electron chi connectivity index (χ4n) is 6.49. The molecule has 0 spiro atoms. The number of nitrogens with two attached hydrogens (primary N) is 1. The van der Waals surface area contributed by atoms with E-state index >= 15 is 0 Å². The minimum absolute atomic E-state index is 0.0720. The third kappa shape index (κ3) is 7.16. The molecule has 2 N–H and O–H groups in total. The van der Waals surface area contributed by atoms with Gasteiger partial charge in [-0.1, -0.05) is 60.7 Å². The smallest absolute Gasteiger partial charge is 0.306 e. The molecule has 0 aliphatic carbocycles. The second-order valence-electron chi connectivity index (χ2n) is 11.2. The van der Waals surface area contributed by atoms with E-state index in [0.29, 0.717) is 50.6 Å². The van der Waals surface area contributed by atoms with Crippen LogP contribution in [0.4, 0.5) is 0 Å². The van der Waals surface area contributed by atoms with Crippen LogP contribution in [0.15, 0.2) is 60.7 Å². The first kappa shape index (κ1) is 28.5. The molecule has 2 aliphatic rings. The van der Waals surface area contributed by atoms with Crippen LogP contribution in [0, 0.1) is 0 Å². The van der Waals surface area contributed by atoms with Gasteiger partial charge in [0.25, 0.3) is 0 Å². The molecule has 5 rings (SSSR count).